The van der Waals surface area contributed by atoms with Crippen molar-refractivity contribution in [1.29, 1.82) is 0 Å². The first-order valence-electron chi connectivity index (χ1n) is 7.85. The molecule has 0 saturated carbocycles. The monoisotopic (exact) mass is 320 g/mol. The highest BCUT2D eigenvalue weighted by atomic mass is 16.5. The predicted octanol–water partition coefficient (Wildman–Crippen LogP) is 1.59. The van der Waals surface area contributed by atoms with Gasteiger partial charge in [-0.25, -0.2) is 0 Å². The lowest BCUT2D eigenvalue weighted by Crippen LogP contribution is -2.34. The van der Waals surface area contributed by atoms with Crippen LogP contribution in [0.2, 0.25) is 0 Å². The smallest absolute Gasteiger partial charge is 0.227 e. The van der Waals surface area contributed by atoms with Crippen molar-refractivity contribution in [2.75, 3.05) is 31.7 Å². The molecular weight excluding hydrogens is 296 g/mol. The normalized spacial score (nSPS) is 17.7. The van der Waals surface area contributed by atoms with E-state index in [1.165, 1.54) is 0 Å². The van der Waals surface area contributed by atoms with Crippen LogP contribution in [-0.2, 0) is 14.3 Å². The molecule has 126 valence electrons. The number of carbonyl (C=O) groups is 2. The van der Waals surface area contributed by atoms with Gasteiger partial charge >= 0.3 is 0 Å². The van der Waals surface area contributed by atoms with Gasteiger partial charge in [0.2, 0.25) is 11.8 Å². The average Bonchev–Trinajstić information content (AvgIpc) is 2.90. The third-order valence-corrected chi connectivity index (χ3v) is 3.62. The predicted molar refractivity (Wildman–Crippen MR) is 87.6 cm³/mol. The van der Waals surface area contributed by atoms with Gasteiger partial charge in [-0.05, 0) is 38.1 Å². The van der Waals surface area contributed by atoms with Crippen LogP contribution in [0.15, 0.2) is 24.3 Å². The standard InChI is InChI=1S/C17H24N2O4/c1-12(2)23-15-6-4-14(5-7-15)19-11-13(10-16(19)20)17(21)18-8-9-22-3/h4-7,12-13H,8-11H2,1-3H3,(H,18,21). The first-order valence-corrected chi connectivity index (χ1v) is 7.85. The molecule has 1 aliphatic heterocycles. The van der Waals surface area contributed by atoms with Crippen LogP contribution in [0.3, 0.4) is 0 Å². The number of hydrogen-bond acceptors (Lipinski definition) is 4. The fraction of sp³-hybridized carbons (Fsp3) is 0.529. The number of nitrogens with zero attached hydrogens (tertiary/aromatic N) is 1. The molecule has 2 rings (SSSR count). The second-order valence-corrected chi connectivity index (χ2v) is 5.85. The van der Waals surface area contributed by atoms with Crippen molar-refractivity contribution in [3.05, 3.63) is 24.3 Å². The molecule has 1 heterocycles. The SMILES string of the molecule is COCCNC(=O)C1CC(=O)N(c2ccc(OC(C)C)cc2)C1. The number of nitrogens with one attached hydrogen (secondary N) is 1. The summed E-state index contributed by atoms with van der Waals surface area (Å²) < 4.78 is 10.5. The molecule has 0 aliphatic carbocycles. The van der Waals surface area contributed by atoms with Crippen LogP contribution in [0.4, 0.5) is 5.69 Å². The van der Waals surface area contributed by atoms with Crippen LogP contribution in [0, 0.1) is 5.92 Å². The van der Waals surface area contributed by atoms with Crippen molar-refractivity contribution in [3.63, 3.8) is 0 Å². The molecule has 1 atom stereocenters. The Balaban J connectivity index is 1.95. The number of amides is 2. The van der Waals surface area contributed by atoms with Crippen molar-refractivity contribution in [3.8, 4) is 5.75 Å². The Bertz CT molecular complexity index is 542. The molecule has 2 amide bonds. The topological polar surface area (TPSA) is 67.9 Å². The molecule has 1 fully saturated rings. The maximum Gasteiger partial charge on any atom is 0.227 e. The van der Waals surface area contributed by atoms with E-state index in [2.05, 4.69) is 5.32 Å². The lowest BCUT2D eigenvalue weighted by molar-refractivity contribution is -0.126. The van der Waals surface area contributed by atoms with Crippen LogP contribution in [0.5, 0.6) is 5.75 Å². The Morgan fingerprint density at radius 1 is 1.35 bits per heavy atom. The quantitative estimate of drug-likeness (QED) is 0.775. The van der Waals surface area contributed by atoms with Gasteiger partial charge in [0.05, 0.1) is 18.6 Å². The second-order valence-electron chi connectivity index (χ2n) is 5.85. The minimum atomic E-state index is -0.314. The molecule has 1 N–H and O–H groups in total. The number of methoxy groups -OCH3 is 1. The van der Waals surface area contributed by atoms with E-state index in [4.69, 9.17) is 9.47 Å². The highest BCUT2D eigenvalue weighted by molar-refractivity contribution is 6.00. The highest BCUT2D eigenvalue weighted by Crippen LogP contribution is 2.27. The molecular formula is C17H24N2O4. The number of carbonyl (C=O) groups excluding carboxylic acids is 2. The van der Waals surface area contributed by atoms with Crippen LogP contribution >= 0.6 is 0 Å². The molecule has 0 radical (unpaired) electrons. The van der Waals surface area contributed by atoms with Gasteiger partial charge in [0.15, 0.2) is 0 Å². The van der Waals surface area contributed by atoms with E-state index in [0.29, 0.717) is 19.7 Å². The van der Waals surface area contributed by atoms with Crippen LogP contribution < -0.4 is 15.0 Å². The molecule has 1 saturated heterocycles. The van der Waals surface area contributed by atoms with Gasteiger partial charge < -0.3 is 19.7 Å². The third-order valence-electron chi connectivity index (χ3n) is 3.62. The Morgan fingerprint density at radius 2 is 2.04 bits per heavy atom. The third kappa shape index (κ3) is 4.69. The van der Waals surface area contributed by atoms with Gasteiger partial charge in [0.25, 0.3) is 0 Å². The van der Waals surface area contributed by atoms with Crippen LogP contribution in [-0.4, -0.2) is 44.7 Å². The molecule has 6 nitrogen and oxygen atoms in total. The maximum atomic E-state index is 12.2. The molecule has 6 heteroatoms. The van der Waals surface area contributed by atoms with Crippen molar-refractivity contribution >= 4 is 17.5 Å². The van der Waals surface area contributed by atoms with Gasteiger partial charge in [0.1, 0.15) is 5.75 Å². The average molecular weight is 320 g/mol. The minimum Gasteiger partial charge on any atom is -0.491 e. The summed E-state index contributed by atoms with van der Waals surface area (Å²) in [5.41, 5.74) is 0.790. The Kier molecular flexibility index (Phi) is 5.98. The van der Waals surface area contributed by atoms with Crippen LogP contribution in [0.25, 0.3) is 0 Å². The summed E-state index contributed by atoms with van der Waals surface area (Å²) in [6, 6.07) is 7.38. The van der Waals surface area contributed by atoms with Gasteiger partial charge in [-0.1, -0.05) is 0 Å². The van der Waals surface area contributed by atoms with E-state index in [9.17, 15) is 9.59 Å². The molecule has 1 unspecified atom stereocenters. The molecule has 0 aromatic heterocycles. The van der Waals surface area contributed by atoms with Gasteiger partial charge in [-0.15, -0.1) is 0 Å². The Hall–Kier alpha value is -2.08. The fourth-order valence-corrected chi connectivity index (χ4v) is 2.53. The summed E-state index contributed by atoms with van der Waals surface area (Å²) in [5.74, 6) is 0.322. The van der Waals surface area contributed by atoms with Gasteiger partial charge in [-0.3, -0.25) is 9.59 Å². The second kappa shape index (κ2) is 7.97. The van der Waals surface area contributed by atoms with E-state index >= 15 is 0 Å². The van der Waals surface area contributed by atoms with Crippen molar-refractivity contribution in [2.45, 2.75) is 26.4 Å². The molecule has 1 aliphatic rings. The van der Waals surface area contributed by atoms with Crippen LogP contribution in [0.1, 0.15) is 20.3 Å². The summed E-state index contributed by atoms with van der Waals surface area (Å²) in [6.07, 6.45) is 0.345. The number of benzene rings is 1. The lowest BCUT2D eigenvalue weighted by atomic mass is 10.1. The molecule has 0 spiro atoms. The maximum absolute atomic E-state index is 12.2. The molecule has 23 heavy (non-hydrogen) atoms. The lowest BCUT2D eigenvalue weighted by Gasteiger charge is -2.18. The van der Waals surface area contributed by atoms with E-state index in [1.807, 2.05) is 38.1 Å². The fourth-order valence-electron chi connectivity index (χ4n) is 2.53. The summed E-state index contributed by atoms with van der Waals surface area (Å²) in [4.78, 5) is 25.9. The summed E-state index contributed by atoms with van der Waals surface area (Å²) >= 11 is 0. The van der Waals surface area contributed by atoms with Gasteiger partial charge in [-0.2, -0.15) is 0 Å². The molecule has 1 aromatic rings. The largest absolute Gasteiger partial charge is 0.491 e. The number of rotatable bonds is 7. The van der Waals surface area contributed by atoms with E-state index < -0.39 is 0 Å². The number of ether oxygens (including phenoxy) is 2. The zero-order chi connectivity index (χ0) is 16.8. The Morgan fingerprint density at radius 3 is 2.65 bits per heavy atom. The zero-order valence-electron chi connectivity index (χ0n) is 13.9. The first-order chi connectivity index (χ1) is 11.0. The van der Waals surface area contributed by atoms with Crippen molar-refractivity contribution < 1.29 is 19.1 Å². The number of anilines is 1. The summed E-state index contributed by atoms with van der Waals surface area (Å²) in [7, 11) is 1.58. The molecule has 1 aromatic carbocycles. The summed E-state index contributed by atoms with van der Waals surface area (Å²) in [6.45, 7) is 5.26. The first kappa shape index (κ1) is 17.3. The van der Waals surface area contributed by atoms with E-state index in [0.717, 1.165) is 11.4 Å². The van der Waals surface area contributed by atoms with Gasteiger partial charge in [0, 0.05) is 32.3 Å². The number of hydrogen-bond donors (Lipinski definition) is 1. The van der Waals surface area contributed by atoms with Crippen molar-refractivity contribution in [2.24, 2.45) is 5.92 Å². The summed E-state index contributed by atoms with van der Waals surface area (Å²) in [5, 5.41) is 2.79. The zero-order valence-corrected chi connectivity index (χ0v) is 13.9. The van der Waals surface area contributed by atoms with Crippen molar-refractivity contribution in [1.82, 2.24) is 5.32 Å². The van der Waals surface area contributed by atoms with E-state index in [1.54, 1.807) is 12.0 Å². The van der Waals surface area contributed by atoms with E-state index in [-0.39, 0.29) is 30.3 Å². The Labute approximate surface area is 136 Å². The minimum absolute atomic E-state index is 0.0329. The molecule has 0 bridgehead atoms. The highest BCUT2D eigenvalue weighted by Gasteiger charge is 2.34.